The summed E-state index contributed by atoms with van der Waals surface area (Å²) in [6.45, 7) is 4.76. The molecule has 0 aliphatic carbocycles. The van der Waals surface area contributed by atoms with Gasteiger partial charge in [-0.05, 0) is 67.0 Å². The van der Waals surface area contributed by atoms with E-state index in [2.05, 4.69) is 5.32 Å². The number of amides is 1. The number of carbonyl (C=O) groups excluding carboxylic acids is 2. The number of aromatic nitrogens is 2. The molecule has 1 aromatic heterocycles. The topological polar surface area (TPSA) is 85.7 Å². The first-order chi connectivity index (χ1) is 20.8. The lowest BCUT2D eigenvalue weighted by atomic mass is 9.97. The quantitative estimate of drug-likeness (QED) is 0.213. The van der Waals surface area contributed by atoms with E-state index in [1.165, 1.54) is 0 Å². The molecule has 43 heavy (non-hydrogen) atoms. The molecular weight excluding hydrogens is 587 g/mol. The summed E-state index contributed by atoms with van der Waals surface area (Å²) < 4.78 is 12.3. The second-order valence-electron chi connectivity index (χ2n) is 10.2. The van der Waals surface area contributed by atoms with E-state index >= 15 is 0 Å². The molecule has 10 heteroatoms. The number of esters is 1. The number of nitrogens with one attached hydrogen (secondary N) is 1. The average molecular weight is 620 g/mol. The first-order valence-electron chi connectivity index (χ1n) is 13.9. The minimum Gasteiger partial charge on any atom is -0.497 e. The number of ether oxygens (including phenoxy) is 2. The second-order valence-corrected chi connectivity index (χ2v) is 11.0. The molecule has 0 bridgehead atoms. The summed E-state index contributed by atoms with van der Waals surface area (Å²) in [7, 11) is 1.62. The van der Waals surface area contributed by atoms with Crippen molar-refractivity contribution in [1.29, 1.82) is 0 Å². The number of benzene rings is 3. The Hall–Kier alpha value is -4.11. The van der Waals surface area contributed by atoms with E-state index in [-0.39, 0.29) is 36.8 Å². The van der Waals surface area contributed by atoms with E-state index in [0.29, 0.717) is 34.4 Å². The predicted molar refractivity (Wildman–Crippen MR) is 169 cm³/mol. The number of hydrogen-bond acceptors (Lipinski definition) is 6. The van der Waals surface area contributed by atoms with Crippen LogP contribution in [0.4, 0.5) is 0 Å². The lowest BCUT2D eigenvalue weighted by molar-refractivity contribution is -0.144. The van der Waals surface area contributed by atoms with Gasteiger partial charge < -0.3 is 14.8 Å². The van der Waals surface area contributed by atoms with Crippen molar-refractivity contribution >= 4 is 46.7 Å². The maximum atomic E-state index is 13.9. The number of nitrogens with zero attached hydrogens (tertiary/aromatic N) is 3. The van der Waals surface area contributed by atoms with Gasteiger partial charge >= 0.3 is 5.97 Å². The van der Waals surface area contributed by atoms with Gasteiger partial charge in [0.2, 0.25) is 0 Å². The lowest BCUT2D eigenvalue weighted by Crippen LogP contribution is -2.36. The number of fused-ring (bicyclic) bond motifs is 1. The van der Waals surface area contributed by atoms with Crippen molar-refractivity contribution in [2.24, 2.45) is 0 Å². The summed E-state index contributed by atoms with van der Waals surface area (Å²) in [5.41, 5.74) is 4.98. The Bertz CT molecular complexity index is 1650. The van der Waals surface area contributed by atoms with Crippen LogP contribution in [0.15, 0.2) is 72.8 Å². The van der Waals surface area contributed by atoms with E-state index < -0.39 is 0 Å². The maximum Gasteiger partial charge on any atom is 0.320 e. The fourth-order valence-electron chi connectivity index (χ4n) is 5.14. The number of carbonyl (C=O) groups is 2. The first kappa shape index (κ1) is 30.4. The van der Waals surface area contributed by atoms with Gasteiger partial charge in [-0.15, -0.1) is 0 Å². The van der Waals surface area contributed by atoms with Crippen molar-refractivity contribution in [3.8, 4) is 11.4 Å². The summed E-state index contributed by atoms with van der Waals surface area (Å²) in [5.74, 6) is 0.0599. The molecule has 1 N–H and O–H groups in total. The van der Waals surface area contributed by atoms with Crippen molar-refractivity contribution in [2.75, 3.05) is 26.8 Å². The predicted octanol–water partition coefficient (Wildman–Crippen LogP) is 6.60. The van der Waals surface area contributed by atoms with Crippen LogP contribution in [-0.4, -0.2) is 53.4 Å². The molecule has 1 atom stereocenters. The number of rotatable bonds is 9. The van der Waals surface area contributed by atoms with Crippen LogP contribution in [0.1, 0.15) is 52.8 Å². The Morgan fingerprint density at radius 2 is 1.79 bits per heavy atom. The average Bonchev–Trinajstić information content (AvgIpc) is 3.37. The summed E-state index contributed by atoms with van der Waals surface area (Å²) in [6, 6.07) is 22.3. The van der Waals surface area contributed by atoms with Crippen molar-refractivity contribution in [3.63, 3.8) is 0 Å². The highest BCUT2D eigenvalue weighted by Gasteiger charge is 2.33. The summed E-state index contributed by atoms with van der Waals surface area (Å²) in [5, 5.41) is 8.81. The molecule has 0 radical (unpaired) electrons. The summed E-state index contributed by atoms with van der Waals surface area (Å²) in [4.78, 5) is 28.4. The Morgan fingerprint density at radius 3 is 2.47 bits per heavy atom. The zero-order valence-electron chi connectivity index (χ0n) is 24.1. The van der Waals surface area contributed by atoms with Gasteiger partial charge in [0, 0.05) is 23.7 Å². The number of methoxy groups -OCH3 is 1. The van der Waals surface area contributed by atoms with Crippen LogP contribution in [-0.2, 0) is 16.1 Å². The monoisotopic (exact) mass is 618 g/mol. The molecule has 2 heterocycles. The van der Waals surface area contributed by atoms with Crippen LogP contribution in [0.5, 0.6) is 5.75 Å². The second kappa shape index (κ2) is 13.5. The standard InChI is InChI=1S/C33H32Cl2N4O4/c1-4-43-30(40)20-38-18-24(16-22-10-13-26(42-3)14-11-22)32-27(19-38)31(33(41)36-21(2)23-8-6-5-7-9-23)37-39(32)29-15-12-25(34)17-28(29)35/h5-17,21H,4,18-20H2,1-3H3,(H,36,41)/t21-/m1/s1. The van der Waals surface area contributed by atoms with E-state index in [1.807, 2.05) is 72.5 Å². The van der Waals surface area contributed by atoms with Gasteiger partial charge in [0.15, 0.2) is 5.69 Å². The molecule has 0 saturated heterocycles. The van der Waals surface area contributed by atoms with E-state index in [9.17, 15) is 9.59 Å². The molecule has 0 unspecified atom stereocenters. The van der Waals surface area contributed by atoms with Gasteiger partial charge in [-0.3, -0.25) is 14.5 Å². The molecule has 1 aliphatic heterocycles. The zero-order chi connectivity index (χ0) is 30.5. The van der Waals surface area contributed by atoms with Gasteiger partial charge in [0.1, 0.15) is 5.75 Å². The fraction of sp³-hybridized carbons (Fsp3) is 0.242. The molecule has 8 nitrogen and oxygen atoms in total. The molecule has 4 aromatic rings. The molecule has 0 saturated carbocycles. The highest BCUT2D eigenvalue weighted by molar-refractivity contribution is 6.35. The Kier molecular flexibility index (Phi) is 9.50. The fourth-order valence-corrected chi connectivity index (χ4v) is 5.63. The van der Waals surface area contributed by atoms with Crippen LogP contribution >= 0.6 is 23.2 Å². The van der Waals surface area contributed by atoms with Crippen LogP contribution in [0, 0.1) is 0 Å². The Balaban J connectivity index is 1.65. The molecule has 1 aliphatic rings. The zero-order valence-corrected chi connectivity index (χ0v) is 25.7. The highest BCUT2D eigenvalue weighted by atomic mass is 35.5. The van der Waals surface area contributed by atoms with E-state index in [1.54, 1.807) is 36.9 Å². The third-order valence-electron chi connectivity index (χ3n) is 7.18. The number of halogens is 2. The Morgan fingerprint density at radius 1 is 1.05 bits per heavy atom. The van der Waals surface area contributed by atoms with Gasteiger partial charge in [-0.1, -0.05) is 65.7 Å². The van der Waals surface area contributed by atoms with Gasteiger partial charge in [-0.2, -0.15) is 5.10 Å². The minimum atomic E-state index is -0.341. The van der Waals surface area contributed by atoms with Crippen LogP contribution in [0.25, 0.3) is 17.3 Å². The normalized spacial score (nSPS) is 14.7. The van der Waals surface area contributed by atoms with E-state index in [4.69, 9.17) is 37.8 Å². The van der Waals surface area contributed by atoms with Crippen molar-refractivity contribution in [3.05, 3.63) is 111 Å². The maximum absolute atomic E-state index is 13.9. The largest absolute Gasteiger partial charge is 0.497 e. The molecule has 3 aromatic carbocycles. The molecular formula is C33H32Cl2N4O4. The summed E-state index contributed by atoms with van der Waals surface area (Å²) >= 11 is 12.9. The van der Waals surface area contributed by atoms with Crippen molar-refractivity contribution in [2.45, 2.75) is 26.4 Å². The molecule has 0 fully saturated rings. The minimum absolute atomic E-state index is 0.0571. The summed E-state index contributed by atoms with van der Waals surface area (Å²) in [6.07, 6.45) is 2.02. The van der Waals surface area contributed by atoms with Crippen LogP contribution in [0.3, 0.4) is 0 Å². The molecule has 1 amide bonds. The first-order valence-corrected chi connectivity index (χ1v) is 14.7. The van der Waals surface area contributed by atoms with Crippen LogP contribution < -0.4 is 10.1 Å². The lowest BCUT2D eigenvalue weighted by Gasteiger charge is -2.29. The van der Waals surface area contributed by atoms with Crippen LogP contribution in [0.2, 0.25) is 10.0 Å². The highest BCUT2D eigenvalue weighted by Crippen LogP contribution is 2.36. The third kappa shape index (κ3) is 6.94. The molecule has 5 rings (SSSR count). The van der Waals surface area contributed by atoms with Crippen molar-refractivity contribution in [1.82, 2.24) is 20.0 Å². The Labute approximate surface area is 260 Å². The number of hydrogen-bond donors (Lipinski definition) is 1. The van der Waals surface area contributed by atoms with Gasteiger partial charge in [-0.25, -0.2) is 4.68 Å². The van der Waals surface area contributed by atoms with E-state index in [0.717, 1.165) is 28.1 Å². The molecule has 222 valence electrons. The van der Waals surface area contributed by atoms with Gasteiger partial charge in [0.05, 0.1) is 42.7 Å². The van der Waals surface area contributed by atoms with Crippen molar-refractivity contribution < 1.29 is 19.1 Å². The van der Waals surface area contributed by atoms with Gasteiger partial charge in [0.25, 0.3) is 5.91 Å². The smallest absolute Gasteiger partial charge is 0.320 e. The molecule has 0 spiro atoms. The SMILES string of the molecule is CCOC(=O)CN1CC(=Cc2ccc(OC)cc2)c2c(c(C(=O)N[C@H](C)c3ccccc3)nn2-c2ccc(Cl)cc2Cl)C1. The third-order valence-corrected chi connectivity index (χ3v) is 7.72.